The first-order valence-corrected chi connectivity index (χ1v) is 6.98. The Morgan fingerprint density at radius 3 is 2.68 bits per heavy atom. The number of methoxy groups -OCH3 is 1. The monoisotopic (exact) mass is 261 g/mol. The molecule has 2 unspecified atom stereocenters. The number of benzene rings is 1. The molecule has 1 aliphatic rings. The highest BCUT2D eigenvalue weighted by Crippen LogP contribution is 2.32. The molecule has 0 aromatic heterocycles. The summed E-state index contributed by atoms with van der Waals surface area (Å²) in [4.78, 5) is 12.7. The summed E-state index contributed by atoms with van der Waals surface area (Å²) >= 11 is 0. The van der Waals surface area contributed by atoms with E-state index < -0.39 is 0 Å². The van der Waals surface area contributed by atoms with E-state index in [1.807, 2.05) is 26.0 Å². The van der Waals surface area contributed by atoms with E-state index in [1.54, 1.807) is 7.11 Å². The van der Waals surface area contributed by atoms with Gasteiger partial charge in [-0.3, -0.25) is 4.79 Å². The van der Waals surface area contributed by atoms with Crippen LogP contribution in [0.25, 0.3) is 0 Å². The van der Waals surface area contributed by atoms with E-state index in [0.717, 1.165) is 42.6 Å². The van der Waals surface area contributed by atoms with Gasteiger partial charge >= 0.3 is 0 Å². The summed E-state index contributed by atoms with van der Waals surface area (Å²) in [5, 5.41) is 0. The van der Waals surface area contributed by atoms with Crippen LogP contribution in [-0.4, -0.2) is 18.9 Å². The van der Waals surface area contributed by atoms with Crippen LogP contribution in [0.15, 0.2) is 12.1 Å². The van der Waals surface area contributed by atoms with Crippen molar-refractivity contribution in [2.45, 2.75) is 45.6 Å². The number of nitrogens with two attached hydrogens (primary N) is 1. The van der Waals surface area contributed by atoms with Crippen molar-refractivity contribution in [2.24, 2.45) is 11.7 Å². The van der Waals surface area contributed by atoms with Crippen molar-refractivity contribution in [3.63, 3.8) is 0 Å². The fourth-order valence-electron chi connectivity index (χ4n) is 2.93. The number of ether oxygens (including phenoxy) is 1. The zero-order chi connectivity index (χ0) is 14.0. The molecule has 2 N–H and O–H groups in total. The number of ketones is 1. The first-order chi connectivity index (χ1) is 9.04. The zero-order valence-corrected chi connectivity index (χ0v) is 12.0. The summed E-state index contributed by atoms with van der Waals surface area (Å²) in [6, 6.07) is 4.05. The molecule has 0 amide bonds. The van der Waals surface area contributed by atoms with Gasteiger partial charge in [0.2, 0.25) is 0 Å². The van der Waals surface area contributed by atoms with E-state index in [1.165, 1.54) is 0 Å². The lowest BCUT2D eigenvalue weighted by Crippen LogP contribution is -2.31. The van der Waals surface area contributed by atoms with Gasteiger partial charge in [-0.15, -0.1) is 0 Å². The minimum absolute atomic E-state index is 0.0553. The molecule has 1 saturated carbocycles. The predicted molar refractivity (Wildman–Crippen MR) is 76.7 cm³/mol. The minimum atomic E-state index is 0.0553. The van der Waals surface area contributed by atoms with Crippen LogP contribution in [-0.2, 0) is 0 Å². The van der Waals surface area contributed by atoms with Gasteiger partial charge in [0.15, 0.2) is 5.78 Å². The number of hydrogen-bond donors (Lipinski definition) is 1. The molecule has 0 aliphatic heterocycles. The maximum Gasteiger partial charge on any atom is 0.169 e. The Hall–Kier alpha value is -1.35. The van der Waals surface area contributed by atoms with Crippen LogP contribution in [0, 0.1) is 19.8 Å². The Balaban J connectivity index is 2.31. The largest absolute Gasteiger partial charge is 0.496 e. The third-order valence-electron chi connectivity index (χ3n) is 4.23. The molecular formula is C16H23NO2. The van der Waals surface area contributed by atoms with E-state index in [4.69, 9.17) is 10.5 Å². The van der Waals surface area contributed by atoms with Gasteiger partial charge in [-0.05, 0) is 50.3 Å². The number of aryl methyl sites for hydroxylation is 1. The number of rotatable bonds is 3. The number of carbonyl (C=O) groups excluding carboxylic acids is 1. The Morgan fingerprint density at radius 2 is 2.05 bits per heavy atom. The Morgan fingerprint density at radius 1 is 1.32 bits per heavy atom. The molecule has 3 heteroatoms. The average molecular weight is 261 g/mol. The molecule has 19 heavy (non-hydrogen) atoms. The summed E-state index contributed by atoms with van der Waals surface area (Å²) < 4.78 is 5.44. The highest BCUT2D eigenvalue weighted by atomic mass is 16.5. The van der Waals surface area contributed by atoms with Gasteiger partial charge in [-0.1, -0.05) is 12.5 Å². The van der Waals surface area contributed by atoms with E-state index in [9.17, 15) is 4.79 Å². The number of carbonyl (C=O) groups is 1. The van der Waals surface area contributed by atoms with Crippen molar-refractivity contribution in [3.8, 4) is 5.75 Å². The Labute approximate surface area is 115 Å². The number of hydrogen-bond acceptors (Lipinski definition) is 3. The summed E-state index contributed by atoms with van der Waals surface area (Å²) in [5.41, 5.74) is 8.89. The molecule has 3 nitrogen and oxygen atoms in total. The molecule has 2 rings (SSSR count). The highest BCUT2D eigenvalue weighted by molar-refractivity contribution is 6.00. The smallest absolute Gasteiger partial charge is 0.169 e. The molecule has 0 radical (unpaired) electrons. The van der Waals surface area contributed by atoms with Crippen molar-refractivity contribution < 1.29 is 9.53 Å². The van der Waals surface area contributed by atoms with Crippen molar-refractivity contribution in [2.75, 3.05) is 7.11 Å². The van der Waals surface area contributed by atoms with Crippen LogP contribution < -0.4 is 10.5 Å². The lowest BCUT2D eigenvalue weighted by Gasteiger charge is -2.26. The molecule has 0 bridgehead atoms. The first kappa shape index (κ1) is 14.1. The molecule has 2 atom stereocenters. The first-order valence-electron chi connectivity index (χ1n) is 6.98. The van der Waals surface area contributed by atoms with Gasteiger partial charge < -0.3 is 10.5 Å². The van der Waals surface area contributed by atoms with Gasteiger partial charge in [0, 0.05) is 12.0 Å². The molecule has 0 heterocycles. The molecule has 1 aromatic carbocycles. The second kappa shape index (κ2) is 5.74. The van der Waals surface area contributed by atoms with E-state index in [2.05, 4.69) is 0 Å². The van der Waals surface area contributed by atoms with E-state index in [0.29, 0.717) is 5.56 Å². The Bertz CT molecular complexity index is 482. The van der Waals surface area contributed by atoms with Crippen LogP contribution in [0.5, 0.6) is 5.75 Å². The van der Waals surface area contributed by atoms with Crippen LogP contribution in [0.3, 0.4) is 0 Å². The summed E-state index contributed by atoms with van der Waals surface area (Å²) in [6.07, 6.45) is 3.83. The quantitative estimate of drug-likeness (QED) is 0.851. The highest BCUT2D eigenvalue weighted by Gasteiger charge is 2.28. The van der Waals surface area contributed by atoms with Crippen molar-refractivity contribution >= 4 is 5.78 Å². The molecule has 0 spiro atoms. The van der Waals surface area contributed by atoms with Gasteiger partial charge in [0.1, 0.15) is 5.75 Å². The molecule has 104 valence electrons. The van der Waals surface area contributed by atoms with Gasteiger partial charge in [0.25, 0.3) is 0 Å². The lowest BCUT2D eigenvalue weighted by atomic mass is 9.81. The van der Waals surface area contributed by atoms with E-state index in [-0.39, 0.29) is 17.7 Å². The van der Waals surface area contributed by atoms with Gasteiger partial charge in [-0.2, -0.15) is 0 Å². The molecule has 0 saturated heterocycles. The molecule has 1 aromatic rings. The van der Waals surface area contributed by atoms with Gasteiger partial charge in [-0.25, -0.2) is 0 Å². The minimum Gasteiger partial charge on any atom is -0.496 e. The van der Waals surface area contributed by atoms with Crippen LogP contribution >= 0.6 is 0 Å². The fraction of sp³-hybridized carbons (Fsp3) is 0.562. The van der Waals surface area contributed by atoms with Crippen LogP contribution in [0.4, 0.5) is 0 Å². The van der Waals surface area contributed by atoms with Crippen LogP contribution in [0.1, 0.15) is 47.2 Å². The molecular weight excluding hydrogens is 238 g/mol. The molecule has 1 aliphatic carbocycles. The third kappa shape index (κ3) is 2.81. The summed E-state index contributed by atoms with van der Waals surface area (Å²) in [7, 11) is 1.63. The standard InChI is InChI=1S/C16H23NO2/c1-10-7-8-14(16(19-3)11(10)2)15(18)12-5-4-6-13(17)9-12/h7-8,12-13H,4-6,9,17H2,1-3H3. The summed E-state index contributed by atoms with van der Waals surface area (Å²) in [5.74, 6) is 0.971. The fourth-order valence-corrected chi connectivity index (χ4v) is 2.93. The lowest BCUT2D eigenvalue weighted by molar-refractivity contribution is 0.0878. The Kier molecular flexibility index (Phi) is 4.25. The van der Waals surface area contributed by atoms with Crippen molar-refractivity contribution in [1.29, 1.82) is 0 Å². The number of Topliss-reactive ketones (excluding diaryl/α,β-unsaturated/α-hetero) is 1. The van der Waals surface area contributed by atoms with Crippen LogP contribution in [0.2, 0.25) is 0 Å². The third-order valence-corrected chi connectivity index (χ3v) is 4.23. The average Bonchev–Trinajstić information content (AvgIpc) is 2.41. The van der Waals surface area contributed by atoms with E-state index >= 15 is 0 Å². The topological polar surface area (TPSA) is 52.3 Å². The van der Waals surface area contributed by atoms with Crippen molar-refractivity contribution in [1.82, 2.24) is 0 Å². The van der Waals surface area contributed by atoms with Crippen molar-refractivity contribution in [3.05, 3.63) is 28.8 Å². The predicted octanol–water partition coefficient (Wildman–Crippen LogP) is 3.01. The van der Waals surface area contributed by atoms with Gasteiger partial charge in [0.05, 0.1) is 12.7 Å². The normalized spacial score (nSPS) is 23.2. The maximum absolute atomic E-state index is 12.7. The SMILES string of the molecule is COc1c(C(=O)C2CCCC(N)C2)ccc(C)c1C. The second-order valence-corrected chi connectivity index (χ2v) is 5.58. The molecule has 1 fully saturated rings. The second-order valence-electron chi connectivity index (χ2n) is 5.58. The maximum atomic E-state index is 12.7. The summed E-state index contributed by atoms with van der Waals surface area (Å²) in [6.45, 7) is 4.03. The zero-order valence-electron chi connectivity index (χ0n) is 12.0.